The first kappa shape index (κ1) is 23.4. The van der Waals surface area contributed by atoms with Crippen molar-refractivity contribution in [3.8, 4) is 0 Å². The molecule has 1 unspecified atom stereocenters. The van der Waals surface area contributed by atoms with Crippen molar-refractivity contribution in [2.24, 2.45) is 0 Å². The number of aryl methyl sites for hydroxylation is 1. The third-order valence-electron chi connectivity index (χ3n) is 5.34. The van der Waals surface area contributed by atoms with Crippen LogP contribution in [0.25, 0.3) is 0 Å². The smallest absolute Gasteiger partial charge is 0.140 e. The number of thiophene rings is 1. The van der Waals surface area contributed by atoms with Crippen LogP contribution in [0.4, 0.5) is 5.69 Å². The Morgan fingerprint density at radius 2 is 1.86 bits per heavy atom. The Balaban J connectivity index is 0.00000150. The maximum absolute atomic E-state index is 8.25. The summed E-state index contributed by atoms with van der Waals surface area (Å²) in [6.45, 7) is 0.988. The van der Waals surface area contributed by atoms with Gasteiger partial charge in [0.2, 0.25) is 0 Å². The SMILES string of the molecule is CN(Cc1ccccc1)C1CCc2ccc(NC(=N)c3cccs3)cc2C1.Cl.Cl. The number of likely N-dealkylation sites (N-methyl/N-ethyl adjacent to an activating group) is 1. The van der Waals surface area contributed by atoms with Crippen molar-refractivity contribution in [1.82, 2.24) is 4.90 Å². The van der Waals surface area contributed by atoms with E-state index in [2.05, 4.69) is 65.8 Å². The van der Waals surface area contributed by atoms with E-state index in [1.165, 1.54) is 23.1 Å². The van der Waals surface area contributed by atoms with Crippen LogP contribution in [0.3, 0.4) is 0 Å². The Morgan fingerprint density at radius 1 is 1.07 bits per heavy atom. The van der Waals surface area contributed by atoms with Gasteiger partial charge in [-0.15, -0.1) is 36.2 Å². The molecule has 0 saturated carbocycles. The van der Waals surface area contributed by atoms with Crippen molar-refractivity contribution in [3.63, 3.8) is 0 Å². The first-order valence-corrected chi connectivity index (χ1v) is 10.3. The maximum atomic E-state index is 8.25. The van der Waals surface area contributed by atoms with Crippen LogP contribution in [0.1, 0.15) is 28.0 Å². The van der Waals surface area contributed by atoms with Gasteiger partial charge in [-0.2, -0.15) is 0 Å². The van der Waals surface area contributed by atoms with E-state index in [-0.39, 0.29) is 24.8 Å². The summed E-state index contributed by atoms with van der Waals surface area (Å²) in [5.74, 6) is 0.471. The van der Waals surface area contributed by atoms with E-state index in [1.807, 2.05) is 17.5 Å². The first-order chi connectivity index (χ1) is 13.2. The van der Waals surface area contributed by atoms with E-state index in [9.17, 15) is 0 Å². The van der Waals surface area contributed by atoms with Gasteiger partial charge in [0.1, 0.15) is 5.84 Å². The second-order valence-electron chi connectivity index (χ2n) is 7.26. The molecule has 154 valence electrons. The number of anilines is 1. The van der Waals surface area contributed by atoms with Crippen molar-refractivity contribution < 1.29 is 0 Å². The number of benzene rings is 2. The maximum Gasteiger partial charge on any atom is 0.140 e. The quantitative estimate of drug-likeness (QED) is 0.370. The van der Waals surface area contributed by atoms with E-state index in [0.717, 1.165) is 30.0 Å². The number of hydrogen-bond acceptors (Lipinski definition) is 3. The molecule has 0 fully saturated rings. The molecule has 1 aliphatic rings. The molecule has 1 aromatic heterocycles. The fourth-order valence-corrected chi connectivity index (χ4v) is 4.45. The van der Waals surface area contributed by atoms with Crippen LogP contribution in [0.5, 0.6) is 0 Å². The number of fused-ring (bicyclic) bond motifs is 1. The van der Waals surface area contributed by atoms with Gasteiger partial charge >= 0.3 is 0 Å². The Kier molecular flexibility index (Phi) is 8.72. The number of halogens is 2. The molecule has 29 heavy (non-hydrogen) atoms. The molecular weight excluding hydrogens is 421 g/mol. The van der Waals surface area contributed by atoms with Crippen LogP contribution in [-0.4, -0.2) is 23.8 Å². The number of hydrogen-bond donors (Lipinski definition) is 2. The molecule has 0 saturated heterocycles. The highest BCUT2D eigenvalue weighted by atomic mass is 35.5. The van der Waals surface area contributed by atoms with Crippen LogP contribution < -0.4 is 5.32 Å². The molecule has 0 aliphatic heterocycles. The highest BCUT2D eigenvalue weighted by molar-refractivity contribution is 7.12. The number of nitrogens with zero attached hydrogens (tertiary/aromatic N) is 1. The molecule has 0 bridgehead atoms. The molecule has 1 aliphatic carbocycles. The Bertz CT molecular complexity index is 913. The molecule has 3 nitrogen and oxygen atoms in total. The van der Waals surface area contributed by atoms with E-state index >= 15 is 0 Å². The average molecular weight is 448 g/mol. The lowest BCUT2D eigenvalue weighted by Gasteiger charge is -2.33. The number of nitrogens with one attached hydrogen (secondary N) is 2. The van der Waals surface area contributed by atoms with Gasteiger partial charge in [-0.25, -0.2) is 0 Å². The molecule has 0 spiro atoms. The van der Waals surface area contributed by atoms with Gasteiger partial charge in [-0.3, -0.25) is 10.3 Å². The van der Waals surface area contributed by atoms with Gasteiger partial charge in [-0.05, 0) is 66.6 Å². The van der Waals surface area contributed by atoms with Crippen molar-refractivity contribution in [2.75, 3.05) is 12.4 Å². The van der Waals surface area contributed by atoms with Gasteiger partial charge < -0.3 is 5.32 Å². The fourth-order valence-electron chi connectivity index (χ4n) is 3.82. The summed E-state index contributed by atoms with van der Waals surface area (Å²) in [4.78, 5) is 3.44. The van der Waals surface area contributed by atoms with E-state index in [0.29, 0.717) is 11.9 Å². The number of amidine groups is 1. The van der Waals surface area contributed by atoms with Gasteiger partial charge in [0.25, 0.3) is 0 Å². The predicted molar refractivity (Wildman–Crippen MR) is 129 cm³/mol. The van der Waals surface area contributed by atoms with Crippen LogP contribution in [-0.2, 0) is 19.4 Å². The molecule has 2 N–H and O–H groups in total. The number of rotatable bonds is 5. The molecule has 2 aromatic carbocycles. The summed E-state index contributed by atoms with van der Waals surface area (Å²) >= 11 is 1.59. The molecule has 0 amide bonds. The van der Waals surface area contributed by atoms with Gasteiger partial charge in [0, 0.05) is 18.3 Å². The lowest BCUT2D eigenvalue weighted by Crippen LogP contribution is -2.36. The normalized spacial score (nSPS) is 15.0. The second kappa shape index (κ2) is 10.8. The lowest BCUT2D eigenvalue weighted by molar-refractivity contribution is 0.214. The average Bonchev–Trinajstić information content (AvgIpc) is 3.23. The van der Waals surface area contributed by atoms with Crippen LogP contribution >= 0.6 is 36.2 Å². The first-order valence-electron chi connectivity index (χ1n) is 9.44. The largest absolute Gasteiger partial charge is 0.340 e. The van der Waals surface area contributed by atoms with Crippen molar-refractivity contribution in [1.29, 1.82) is 5.41 Å². The summed E-state index contributed by atoms with van der Waals surface area (Å²) in [6.07, 6.45) is 3.40. The minimum atomic E-state index is 0. The molecule has 6 heteroatoms. The molecule has 1 atom stereocenters. The summed E-state index contributed by atoms with van der Waals surface area (Å²) in [5, 5.41) is 13.5. The summed E-state index contributed by atoms with van der Waals surface area (Å²) < 4.78 is 0. The zero-order valence-corrected chi connectivity index (χ0v) is 18.9. The highest BCUT2D eigenvalue weighted by Gasteiger charge is 2.22. The van der Waals surface area contributed by atoms with Crippen LogP contribution in [0.2, 0.25) is 0 Å². The Hall–Kier alpha value is -1.85. The topological polar surface area (TPSA) is 39.1 Å². The van der Waals surface area contributed by atoms with Crippen molar-refractivity contribution in [3.05, 3.63) is 87.6 Å². The summed E-state index contributed by atoms with van der Waals surface area (Å²) in [7, 11) is 2.23. The highest BCUT2D eigenvalue weighted by Crippen LogP contribution is 2.27. The third kappa shape index (κ3) is 5.83. The molecule has 3 aromatic rings. The lowest BCUT2D eigenvalue weighted by atomic mass is 9.87. The van der Waals surface area contributed by atoms with Gasteiger partial charge in [0.15, 0.2) is 0 Å². The molecule has 0 radical (unpaired) electrons. The van der Waals surface area contributed by atoms with E-state index in [1.54, 1.807) is 11.3 Å². The molecule has 4 rings (SSSR count). The molecule has 1 heterocycles. The Labute approximate surface area is 189 Å². The van der Waals surface area contributed by atoms with E-state index < -0.39 is 0 Å². The monoisotopic (exact) mass is 447 g/mol. The standard InChI is InChI=1S/C23H25N3S.2ClH/c1-26(16-17-6-3-2-4-7-17)21-12-10-18-9-11-20(14-19(18)15-21)25-23(24)22-8-5-13-27-22;;/h2-9,11,13-14,21H,10,12,15-16H2,1H3,(H2,24,25);2*1H. The molecular formula is C23H27Cl2N3S. The zero-order chi connectivity index (χ0) is 18.6. The minimum absolute atomic E-state index is 0. The fraction of sp³-hybridized carbons (Fsp3) is 0.261. The Morgan fingerprint density at radius 3 is 2.59 bits per heavy atom. The second-order valence-corrected chi connectivity index (χ2v) is 8.21. The minimum Gasteiger partial charge on any atom is -0.340 e. The third-order valence-corrected chi connectivity index (χ3v) is 6.23. The summed E-state index contributed by atoms with van der Waals surface area (Å²) in [6, 6.07) is 21.8. The van der Waals surface area contributed by atoms with E-state index in [4.69, 9.17) is 5.41 Å². The summed E-state index contributed by atoms with van der Waals surface area (Å²) in [5.41, 5.74) is 5.24. The van der Waals surface area contributed by atoms with Gasteiger partial charge in [-0.1, -0.05) is 42.5 Å². The van der Waals surface area contributed by atoms with Crippen LogP contribution in [0.15, 0.2) is 66.0 Å². The van der Waals surface area contributed by atoms with Crippen molar-refractivity contribution in [2.45, 2.75) is 31.8 Å². The zero-order valence-electron chi connectivity index (χ0n) is 16.4. The van der Waals surface area contributed by atoms with Gasteiger partial charge in [0.05, 0.1) is 4.88 Å². The van der Waals surface area contributed by atoms with Crippen LogP contribution in [0, 0.1) is 5.41 Å². The predicted octanol–water partition coefficient (Wildman–Crippen LogP) is 6.02. The van der Waals surface area contributed by atoms with Crippen molar-refractivity contribution >= 4 is 47.7 Å².